The van der Waals surface area contributed by atoms with Crippen LogP contribution >= 0.6 is 0 Å². The average molecular weight is 723 g/mol. The molecule has 0 aliphatic carbocycles. The van der Waals surface area contributed by atoms with Crippen molar-refractivity contribution in [2.45, 2.75) is 12.8 Å². The number of ether oxygens (including phenoxy) is 1. The Morgan fingerprint density at radius 1 is 1.00 bits per heavy atom. The number of nitrogens with zero attached hydrogens (tertiary/aromatic N) is 2. The summed E-state index contributed by atoms with van der Waals surface area (Å²) in [5.74, 6) is -1.11. The lowest BCUT2D eigenvalue weighted by molar-refractivity contribution is 0.0696. The largest absolute Gasteiger partial charge is 0.593 e. The Balaban J connectivity index is 1.40. The van der Waals surface area contributed by atoms with Gasteiger partial charge in [-0.2, -0.15) is 4.31 Å². The Morgan fingerprint density at radius 3 is 2.48 bits per heavy atom. The Bertz CT molecular complexity index is 2400. The summed E-state index contributed by atoms with van der Waals surface area (Å²) in [7, 11) is 3.13. The molecule has 0 fully saturated rings. The molecular weight excluding hydrogens is 690 g/mol. The Labute approximate surface area is 300 Å². The standard InChI is InChI=1S/C40H33F3N4O4S/c1-44-40(48)37-29-18-28(35(47(2)52(3)49)20-36(29)51-39(37)24-12-14-25(41)15-13-24)33-17-16-26(31(43)22-50-21-23-8-5-4-6-9-23)38(46-33)34-19-27-30(42)10-7-11-32(27)45-34/h4-20,31,45H,21-22H2,1-3H3,(H,44,48). The van der Waals surface area contributed by atoms with Gasteiger partial charge >= 0.3 is 0 Å². The first-order valence-corrected chi connectivity index (χ1v) is 17.8. The quantitative estimate of drug-likeness (QED) is 0.129. The average Bonchev–Trinajstić information content (AvgIpc) is 3.77. The lowest BCUT2D eigenvalue weighted by atomic mass is 9.99. The van der Waals surface area contributed by atoms with E-state index < -0.39 is 35.1 Å². The third-order valence-electron chi connectivity index (χ3n) is 8.87. The molecule has 0 aliphatic rings. The second-order valence-electron chi connectivity index (χ2n) is 12.2. The number of halogens is 3. The van der Waals surface area contributed by atoms with E-state index in [0.717, 1.165) is 5.56 Å². The van der Waals surface area contributed by atoms with Gasteiger partial charge in [0.05, 0.1) is 60.0 Å². The van der Waals surface area contributed by atoms with E-state index in [1.165, 1.54) is 47.9 Å². The second-order valence-corrected chi connectivity index (χ2v) is 13.6. The number of nitrogens with one attached hydrogen (secondary N) is 2. The van der Waals surface area contributed by atoms with Crippen molar-refractivity contribution in [1.29, 1.82) is 0 Å². The summed E-state index contributed by atoms with van der Waals surface area (Å²) < 4.78 is 71.3. The highest BCUT2D eigenvalue weighted by Crippen LogP contribution is 2.42. The Morgan fingerprint density at radius 2 is 1.77 bits per heavy atom. The molecule has 0 bridgehead atoms. The zero-order valence-electron chi connectivity index (χ0n) is 28.4. The van der Waals surface area contributed by atoms with Crippen LogP contribution in [-0.4, -0.2) is 47.4 Å². The van der Waals surface area contributed by atoms with Crippen LogP contribution < -0.4 is 9.62 Å². The molecule has 2 atom stereocenters. The number of furan rings is 1. The van der Waals surface area contributed by atoms with Gasteiger partial charge in [-0.3, -0.25) is 4.79 Å². The molecule has 52 heavy (non-hydrogen) atoms. The van der Waals surface area contributed by atoms with Gasteiger partial charge in [0.25, 0.3) is 5.91 Å². The summed E-state index contributed by atoms with van der Waals surface area (Å²) in [6.45, 7) is -0.0508. The first-order valence-electron chi connectivity index (χ1n) is 16.3. The normalized spacial score (nSPS) is 12.7. The first-order chi connectivity index (χ1) is 25.1. The van der Waals surface area contributed by atoms with Crippen molar-refractivity contribution in [2.24, 2.45) is 0 Å². The van der Waals surface area contributed by atoms with E-state index >= 15 is 4.39 Å². The Kier molecular flexibility index (Phi) is 9.78. The van der Waals surface area contributed by atoms with Gasteiger partial charge in [0.1, 0.15) is 29.2 Å². The molecular formula is C40H33F3N4O4S. The van der Waals surface area contributed by atoms with E-state index in [-0.39, 0.29) is 35.8 Å². The molecule has 0 spiro atoms. The molecule has 0 radical (unpaired) electrons. The van der Waals surface area contributed by atoms with Gasteiger partial charge in [-0.1, -0.05) is 42.5 Å². The van der Waals surface area contributed by atoms with E-state index in [2.05, 4.69) is 10.3 Å². The molecule has 12 heteroatoms. The molecule has 7 aromatic rings. The number of rotatable bonds is 11. The number of alkyl halides is 1. The summed E-state index contributed by atoms with van der Waals surface area (Å²) >= 11 is -1.50. The first kappa shape index (κ1) is 34.9. The third-order valence-corrected chi connectivity index (χ3v) is 9.84. The highest BCUT2D eigenvalue weighted by atomic mass is 32.2. The van der Waals surface area contributed by atoms with Gasteiger partial charge in [-0.05, 0) is 60.2 Å². The molecule has 0 saturated heterocycles. The lowest BCUT2D eigenvalue weighted by Gasteiger charge is -2.22. The maximum atomic E-state index is 16.2. The maximum Gasteiger partial charge on any atom is 0.255 e. The van der Waals surface area contributed by atoms with E-state index in [1.807, 2.05) is 30.3 Å². The van der Waals surface area contributed by atoms with E-state index in [4.69, 9.17) is 14.1 Å². The number of H-pyrrole nitrogens is 1. The number of carbonyl (C=O) groups excluding carboxylic acids is 1. The fourth-order valence-corrected chi connectivity index (χ4v) is 6.60. The zero-order chi connectivity index (χ0) is 36.5. The minimum Gasteiger partial charge on any atom is -0.593 e. The number of aromatic amines is 1. The molecule has 3 heterocycles. The monoisotopic (exact) mass is 722 g/mol. The number of benzene rings is 4. The van der Waals surface area contributed by atoms with Crippen LogP contribution in [0.2, 0.25) is 0 Å². The summed E-state index contributed by atoms with van der Waals surface area (Å²) in [5, 5.41) is 3.39. The number of pyridine rings is 1. The number of hydrogen-bond donors (Lipinski definition) is 2. The van der Waals surface area contributed by atoms with Crippen molar-refractivity contribution < 1.29 is 31.7 Å². The van der Waals surface area contributed by atoms with E-state index in [0.29, 0.717) is 50.1 Å². The number of anilines is 1. The summed E-state index contributed by atoms with van der Waals surface area (Å²) in [4.78, 5) is 21.5. The number of aromatic nitrogens is 2. The molecule has 8 nitrogen and oxygen atoms in total. The SMILES string of the molecule is CNC(=O)c1c(-c2ccc(F)cc2)oc2cc(N(C)[S+](C)[O-])c(-c3ccc(C(F)COCc4ccccc4)c(-c4cc5c(F)cccc5[nH]4)n3)cc12. The Hall–Kier alpha value is -5.56. The predicted molar refractivity (Wildman–Crippen MR) is 198 cm³/mol. The molecule has 0 aliphatic heterocycles. The summed E-state index contributed by atoms with van der Waals surface area (Å²) in [6, 6.07) is 27.8. The van der Waals surface area contributed by atoms with Crippen LogP contribution in [0.1, 0.15) is 27.7 Å². The minimum absolute atomic E-state index is 0.208. The van der Waals surface area contributed by atoms with Crippen LogP contribution in [0.3, 0.4) is 0 Å². The fraction of sp³-hybridized carbons (Fsp3) is 0.150. The van der Waals surface area contributed by atoms with Gasteiger partial charge in [-0.15, -0.1) is 0 Å². The topological polar surface area (TPSA) is 106 Å². The van der Waals surface area contributed by atoms with Gasteiger partial charge in [0, 0.05) is 46.1 Å². The fourth-order valence-electron chi connectivity index (χ4n) is 6.17. The lowest BCUT2D eigenvalue weighted by Crippen LogP contribution is -2.25. The van der Waals surface area contributed by atoms with Crippen LogP contribution in [0, 0.1) is 11.6 Å². The van der Waals surface area contributed by atoms with Crippen molar-refractivity contribution in [3.63, 3.8) is 0 Å². The van der Waals surface area contributed by atoms with Crippen LogP contribution in [0.5, 0.6) is 0 Å². The number of fused-ring (bicyclic) bond motifs is 2. The molecule has 264 valence electrons. The summed E-state index contributed by atoms with van der Waals surface area (Å²) in [5.41, 5.74) is 4.50. The van der Waals surface area contributed by atoms with E-state index in [1.54, 1.807) is 49.5 Å². The molecule has 1 amide bonds. The molecule has 2 N–H and O–H groups in total. The molecule has 0 saturated carbocycles. The highest BCUT2D eigenvalue weighted by Gasteiger charge is 2.28. The van der Waals surface area contributed by atoms with Crippen LogP contribution in [0.25, 0.3) is 55.8 Å². The predicted octanol–water partition coefficient (Wildman–Crippen LogP) is 8.91. The number of amides is 1. The van der Waals surface area contributed by atoms with E-state index in [9.17, 15) is 18.1 Å². The number of hydrogen-bond acceptors (Lipinski definition) is 6. The van der Waals surface area contributed by atoms with Crippen molar-refractivity contribution in [3.8, 4) is 34.0 Å². The highest BCUT2D eigenvalue weighted by molar-refractivity contribution is 7.92. The zero-order valence-corrected chi connectivity index (χ0v) is 29.2. The summed E-state index contributed by atoms with van der Waals surface area (Å²) in [6.07, 6.45) is -0.0866. The van der Waals surface area contributed by atoms with Crippen LogP contribution in [0.4, 0.5) is 18.9 Å². The maximum absolute atomic E-state index is 16.2. The minimum atomic E-state index is -1.60. The smallest absolute Gasteiger partial charge is 0.255 e. The number of carbonyl (C=O) groups is 1. The molecule has 2 unspecified atom stereocenters. The van der Waals surface area contributed by atoms with Crippen molar-refractivity contribution in [1.82, 2.24) is 15.3 Å². The van der Waals surface area contributed by atoms with Gasteiger partial charge in [0.15, 0.2) is 6.17 Å². The molecule has 4 aromatic carbocycles. The van der Waals surface area contributed by atoms with Crippen LogP contribution in [0.15, 0.2) is 108 Å². The second kappa shape index (κ2) is 14.6. The van der Waals surface area contributed by atoms with Gasteiger partial charge in [0.2, 0.25) is 0 Å². The molecule has 7 rings (SSSR count). The van der Waals surface area contributed by atoms with Gasteiger partial charge < -0.3 is 24.0 Å². The molecule has 3 aromatic heterocycles. The van der Waals surface area contributed by atoms with Crippen LogP contribution in [-0.2, 0) is 22.7 Å². The van der Waals surface area contributed by atoms with Crippen molar-refractivity contribution >= 4 is 44.8 Å². The van der Waals surface area contributed by atoms with Crippen molar-refractivity contribution in [3.05, 3.63) is 131 Å². The van der Waals surface area contributed by atoms with Gasteiger partial charge in [-0.25, -0.2) is 18.2 Å². The van der Waals surface area contributed by atoms with Crippen molar-refractivity contribution in [2.75, 3.05) is 31.3 Å². The third kappa shape index (κ3) is 6.75.